The Kier molecular flexibility index (Phi) is 6.28. The predicted molar refractivity (Wildman–Crippen MR) is 138 cm³/mol. The zero-order valence-corrected chi connectivity index (χ0v) is 21.2. The molecule has 8 heteroatoms. The van der Waals surface area contributed by atoms with Crippen LogP contribution in [0.5, 0.6) is 17.2 Å². The second-order valence-corrected chi connectivity index (χ2v) is 10.4. The summed E-state index contributed by atoms with van der Waals surface area (Å²) in [5.41, 5.74) is 2.29. The van der Waals surface area contributed by atoms with E-state index >= 15 is 0 Å². The fourth-order valence-corrected chi connectivity index (χ4v) is 6.05. The summed E-state index contributed by atoms with van der Waals surface area (Å²) in [6.07, 6.45) is 4.78. The molecule has 1 aliphatic carbocycles. The minimum atomic E-state index is -0.452. The highest BCUT2D eigenvalue weighted by Crippen LogP contribution is 2.36. The van der Waals surface area contributed by atoms with Crippen molar-refractivity contribution in [3.05, 3.63) is 65.9 Å². The maximum Gasteiger partial charge on any atom is 0.255 e. The number of fused-ring (bicyclic) bond motifs is 1. The van der Waals surface area contributed by atoms with E-state index in [0.717, 1.165) is 55.2 Å². The third-order valence-corrected chi connectivity index (χ3v) is 8.02. The number of para-hydroxylation sites is 2. The number of carbonyl (C=O) groups is 2. The van der Waals surface area contributed by atoms with E-state index in [1.165, 1.54) is 0 Å². The van der Waals surface area contributed by atoms with Crippen LogP contribution < -0.4 is 19.5 Å². The summed E-state index contributed by atoms with van der Waals surface area (Å²) in [5.74, 6) is 2.09. The minimum absolute atomic E-state index is 0.0883. The van der Waals surface area contributed by atoms with Crippen LogP contribution in [0.1, 0.15) is 48.0 Å². The Hall–Kier alpha value is -3.52. The number of likely N-dealkylation sites (tertiary alicyclic amines) is 1. The number of ether oxygens (including phenoxy) is 3. The van der Waals surface area contributed by atoms with Crippen molar-refractivity contribution in [1.82, 2.24) is 15.1 Å². The van der Waals surface area contributed by atoms with Crippen molar-refractivity contribution in [2.75, 3.05) is 20.2 Å². The number of benzene rings is 2. The van der Waals surface area contributed by atoms with Crippen LogP contribution in [-0.4, -0.2) is 66.1 Å². The van der Waals surface area contributed by atoms with Gasteiger partial charge in [-0.1, -0.05) is 18.7 Å². The molecule has 2 amide bonds. The normalized spacial score (nSPS) is 26.0. The van der Waals surface area contributed by atoms with Gasteiger partial charge in [0.2, 0.25) is 5.91 Å². The van der Waals surface area contributed by atoms with Crippen LogP contribution in [0.15, 0.2) is 54.7 Å². The molecule has 3 aliphatic heterocycles. The lowest BCUT2D eigenvalue weighted by molar-refractivity contribution is -0.126. The SMILES string of the molecule is C=C1CCC(N2Cc3cc(O[C@@H]4CCC[C@@H]4N4CC(Oc5ccccc5OC)C4)ccc3C2=O)C(=O)N1. The van der Waals surface area contributed by atoms with Gasteiger partial charge < -0.3 is 24.4 Å². The summed E-state index contributed by atoms with van der Waals surface area (Å²) >= 11 is 0. The molecule has 2 saturated heterocycles. The molecule has 0 spiro atoms. The van der Waals surface area contributed by atoms with Gasteiger partial charge in [0.25, 0.3) is 5.91 Å². The van der Waals surface area contributed by atoms with Gasteiger partial charge in [0.05, 0.1) is 7.11 Å². The molecular formula is C29H33N3O5. The number of hydrogen-bond donors (Lipinski definition) is 1. The first-order valence-corrected chi connectivity index (χ1v) is 13.1. The highest BCUT2D eigenvalue weighted by molar-refractivity contribution is 6.01. The number of nitrogens with zero attached hydrogens (tertiary/aromatic N) is 2. The topological polar surface area (TPSA) is 80.3 Å². The maximum absolute atomic E-state index is 13.0. The number of piperidine rings is 1. The summed E-state index contributed by atoms with van der Waals surface area (Å²) in [4.78, 5) is 29.6. The number of amides is 2. The number of carbonyl (C=O) groups excluding carboxylic acids is 2. The standard InChI is InChI=1S/C29H33N3O5/c1-18-10-13-24(28(33)30-18)32-15-19-14-20(11-12-22(19)29(32)34)36-25-9-5-6-23(25)31-16-21(17-31)37-27-8-4-3-7-26(27)35-2/h3-4,7-8,11-12,14,21,23-25H,1,5-6,9-10,13,15-17H2,2H3,(H,30,33)/t23-,24?,25+/m0/s1. The average molecular weight is 504 g/mol. The number of allylic oxidation sites excluding steroid dienone is 1. The lowest BCUT2D eigenvalue weighted by atomic mass is 10.0. The summed E-state index contributed by atoms with van der Waals surface area (Å²) in [6.45, 7) is 6.00. The fourth-order valence-electron chi connectivity index (χ4n) is 6.05. The molecule has 6 rings (SSSR count). The molecule has 3 heterocycles. The van der Waals surface area contributed by atoms with E-state index in [-0.39, 0.29) is 24.0 Å². The van der Waals surface area contributed by atoms with Crippen molar-refractivity contribution >= 4 is 11.8 Å². The lowest BCUT2D eigenvalue weighted by Crippen LogP contribution is -2.60. The van der Waals surface area contributed by atoms with Gasteiger partial charge in [0.15, 0.2) is 11.5 Å². The van der Waals surface area contributed by atoms with Crippen LogP contribution in [0, 0.1) is 0 Å². The van der Waals surface area contributed by atoms with Gasteiger partial charge in [-0.3, -0.25) is 14.5 Å². The van der Waals surface area contributed by atoms with Crippen LogP contribution in [-0.2, 0) is 11.3 Å². The Morgan fingerprint density at radius 3 is 2.59 bits per heavy atom. The average Bonchev–Trinajstić information content (AvgIpc) is 3.45. The quantitative estimate of drug-likeness (QED) is 0.623. The zero-order chi connectivity index (χ0) is 25.5. The Balaban J connectivity index is 1.07. The molecule has 3 fully saturated rings. The first-order valence-electron chi connectivity index (χ1n) is 13.1. The minimum Gasteiger partial charge on any atom is -0.493 e. The second-order valence-electron chi connectivity index (χ2n) is 10.4. The van der Waals surface area contributed by atoms with E-state index < -0.39 is 6.04 Å². The van der Waals surface area contributed by atoms with Crippen molar-refractivity contribution in [2.45, 2.75) is 62.9 Å². The third-order valence-electron chi connectivity index (χ3n) is 8.02. The van der Waals surface area contributed by atoms with Gasteiger partial charge >= 0.3 is 0 Å². The van der Waals surface area contributed by atoms with E-state index in [2.05, 4.69) is 16.8 Å². The number of nitrogens with one attached hydrogen (secondary N) is 1. The predicted octanol–water partition coefficient (Wildman–Crippen LogP) is 3.51. The van der Waals surface area contributed by atoms with Crippen LogP contribution in [0.25, 0.3) is 0 Å². The molecule has 2 aromatic rings. The monoisotopic (exact) mass is 503 g/mol. The Morgan fingerprint density at radius 1 is 1.00 bits per heavy atom. The molecule has 8 nitrogen and oxygen atoms in total. The van der Waals surface area contributed by atoms with Gasteiger partial charge in [0, 0.05) is 36.9 Å². The lowest BCUT2D eigenvalue weighted by Gasteiger charge is -2.44. The van der Waals surface area contributed by atoms with E-state index in [0.29, 0.717) is 36.7 Å². The fraction of sp³-hybridized carbons (Fsp3) is 0.448. The summed E-state index contributed by atoms with van der Waals surface area (Å²) < 4.78 is 18.1. The van der Waals surface area contributed by atoms with E-state index in [1.54, 1.807) is 12.0 Å². The number of methoxy groups -OCH3 is 1. The molecule has 0 bridgehead atoms. The number of rotatable bonds is 7. The van der Waals surface area contributed by atoms with Crippen molar-refractivity contribution in [3.8, 4) is 17.2 Å². The van der Waals surface area contributed by atoms with Crippen molar-refractivity contribution in [1.29, 1.82) is 0 Å². The molecule has 1 N–H and O–H groups in total. The first-order chi connectivity index (χ1) is 18.0. The molecule has 0 aromatic heterocycles. The summed E-state index contributed by atoms with van der Waals surface area (Å²) in [7, 11) is 1.66. The zero-order valence-electron chi connectivity index (χ0n) is 21.2. The molecule has 2 aromatic carbocycles. The molecule has 1 unspecified atom stereocenters. The summed E-state index contributed by atoms with van der Waals surface area (Å²) in [6, 6.07) is 13.4. The van der Waals surface area contributed by atoms with Crippen LogP contribution in [0.4, 0.5) is 0 Å². The largest absolute Gasteiger partial charge is 0.493 e. The Morgan fingerprint density at radius 2 is 1.81 bits per heavy atom. The van der Waals surface area contributed by atoms with Crippen molar-refractivity contribution < 1.29 is 23.8 Å². The smallest absolute Gasteiger partial charge is 0.255 e. The summed E-state index contributed by atoms with van der Waals surface area (Å²) in [5, 5.41) is 2.79. The van der Waals surface area contributed by atoms with Gasteiger partial charge in [0.1, 0.15) is 24.0 Å². The maximum atomic E-state index is 13.0. The van der Waals surface area contributed by atoms with Crippen LogP contribution in [0.3, 0.4) is 0 Å². The van der Waals surface area contributed by atoms with Gasteiger partial charge in [-0.05, 0) is 68.0 Å². The molecule has 0 radical (unpaired) electrons. The second kappa shape index (κ2) is 9.74. The van der Waals surface area contributed by atoms with Crippen molar-refractivity contribution in [2.24, 2.45) is 0 Å². The van der Waals surface area contributed by atoms with E-state index in [4.69, 9.17) is 14.2 Å². The van der Waals surface area contributed by atoms with E-state index in [1.807, 2.05) is 42.5 Å². The highest BCUT2D eigenvalue weighted by Gasteiger charge is 2.42. The first kappa shape index (κ1) is 23.9. The van der Waals surface area contributed by atoms with Gasteiger partial charge in [-0.2, -0.15) is 0 Å². The molecular weight excluding hydrogens is 470 g/mol. The Labute approximate surface area is 217 Å². The van der Waals surface area contributed by atoms with Crippen LogP contribution in [0.2, 0.25) is 0 Å². The third kappa shape index (κ3) is 4.55. The molecule has 1 saturated carbocycles. The van der Waals surface area contributed by atoms with Gasteiger partial charge in [-0.15, -0.1) is 0 Å². The number of hydrogen-bond acceptors (Lipinski definition) is 6. The molecule has 37 heavy (non-hydrogen) atoms. The van der Waals surface area contributed by atoms with Crippen LogP contribution >= 0.6 is 0 Å². The molecule has 4 aliphatic rings. The molecule has 194 valence electrons. The van der Waals surface area contributed by atoms with E-state index in [9.17, 15) is 9.59 Å². The van der Waals surface area contributed by atoms with Gasteiger partial charge in [-0.25, -0.2) is 0 Å². The molecule has 3 atom stereocenters. The highest BCUT2D eigenvalue weighted by atomic mass is 16.5. The Bertz CT molecular complexity index is 1220. The van der Waals surface area contributed by atoms with Crippen molar-refractivity contribution in [3.63, 3.8) is 0 Å².